The Morgan fingerprint density at radius 1 is 1.00 bits per heavy atom. The SMILES string of the molecule is CCc1ccc(NC(=O)[C@H](NC(=O)C2CCN(C(=O)[C@@H]3CCCN3C(=O)OC(C)(C)C)CC2)C(C)C)cc1. The maximum absolute atomic E-state index is 13.3. The number of anilines is 1. The third kappa shape index (κ3) is 7.71. The minimum Gasteiger partial charge on any atom is -0.444 e. The first-order chi connectivity index (χ1) is 17.9. The average Bonchev–Trinajstić information content (AvgIpc) is 3.36. The largest absolute Gasteiger partial charge is 0.444 e. The molecular formula is C29H44N4O5. The third-order valence-electron chi connectivity index (χ3n) is 7.22. The molecule has 2 saturated heterocycles. The van der Waals surface area contributed by atoms with E-state index in [0.29, 0.717) is 44.6 Å². The Morgan fingerprint density at radius 2 is 1.63 bits per heavy atom. The van der Waals surface area contributed by atoms with Crippen molar-refractivity contribution in [3.05, 3.63) is 29.8 Å². The lowest BCUT2D eigenvalue weighted by molar-refractivity contribution is -0.139. The smallest absolute Gasteiger partial charge is 0.410 e. The molecule has 4 amide bonds. The summed E-state index contributed by atoms with van der Waals surface area (Å²) in [5.74, 6) is -0.850. The summed E-state index contributed by atoms with van der Waals surface area (Å²) in [4.78, 5) is 55.2. The van der Waals surface area contributed by atoms with Crippen LogP contribution in [0, 0.1) is 11.8 Å². The van der Waals surface area contributed by atoms with Gasteiger partial charge < -0.3 is 20.3 Å². The number of carbonyl (C=O) groups excluding carboxylic acids is 4. The second-order valence-corrected chi connectivity index (χ2v) is 11.7. The van der Waals surface area contributed by atoms with Gasteiger partial charge in [0.15, 0.2) is 0 Å². The van der Waals surface area contributed by atoms with E-state index < -0.39 is 23.8 Å². The minimum absolute atomic E-state index is 0.0826. The van der Waals surface area contributed by atoms with Gasteiger partial charge in [-0.25, -0.2) is 4.79 Å². The summed E-state index contributed by atoms with van der Waals surface area (Å²) in [5.41, 5.74) is 1.27. The number of benzene rings is 1. The van der Waals surface area contributed by atoms with Gasteiger partial charge in [-0.15, -0.1) is 0 Å². The second-order valence-electron chi connectivity index (χ2n) is 11.7. The van der Waals surface area contributed by atoms with Gasteiger partial charge in [0.2, 0.25) is 17.7 Å². The predicted molar refractivity (Wildman–Crippen MR) is 146 cm³/mol. The number of ether oxygens (including phenoxy) is 1. The van der Waals surface area contributed by atoms with Crippen molar-refractivity contribution < 1.29 is 23.9 Å². The van der Waals surface area contributed by atoms with E-state index in [1.54, 1.807) is 4.90 Å². The molecule has 0 bridgehead atoms. The molecule has 0 unspecified atom stereocenters. The number of likely N-dealkylation sites (tertiary alicyclic amines) is 2. The highest BCUT2D eigenvalue weighted by Crippen LogP contribution is 2.25. The Bertz CT molecular complexity index is 993. The zero-order valence-electron chi connectivity index (χ0n) is 23.7. The molecule has 2 fully saturated rings. The van der Waals surface area contributed by atoms with Crippen LogP contribution >= 0.6 is 0 Å². The maximum Gasteiger partial charge on any atom is 0.410 e. The van der Waals surface area contributed by atoms with Crippen molar-refractivity contribution in [3.8, 4) is 0 Å². The van der Waals surface area contributed by atoms with Crippen molar-refractivity contribution >= 4 is 29.5 Å². The summed E-state index contributed by atoms with van der Waals surface area (Å²) < 4.78 is 5.49. The number of hydrogen-bond donors (Lipinski definition) is 2. The fourth-order valence-corrected chi connectivity index (χ4v) is 4.99. The second kappa shape index (κ2) is 12.6. The Hall–Kier alpha value is -3.10. The van der Waals surface area contributed by atoms with E-state index in [1.165, 1.54) is 10.5 Å². The average molecular weight is 529 g/mol. The Morgan fingerprint density at radius 3 is 2.18 bits per heavy atom. The van der Waals surface area contributed by atoms with E-state index in [4.69, 9.17) is 4.74 Å². The molecule has 0 spiro atoms. The van der Waals surface area contributed by atoms with Crippen LogP contribution in [0.15, 0.2) is 24.3 Å². The van der Waals surface area contributed by atoms with Crippen LogP contribution in [0.5, 0.6) is 0 Å². The summed E-state index contributed by atoms with van der Waals surface area (Å²) >= 11 is 0. The van der Waals surface area contributed by atoms with Crippen molar-refractivity contribution in [1.82, 2.24) is 15.1 Å². The van der Waals surface area contributed by atoms with Crippen molar-refractivity contribution in [1.29, 1.82) is 0 Å². The molecule has 0 aliphatic carbocycles. The van der Waals surface area contributed by atoms with Crippen LogP contribution in [0.1, 0.15) is 72.8 Å². The molecule has 9 nitrogen and oxygen atoms in total. The molecule has 9 heteroatoms. The first-order valence-electron chi connectivity index (χ1n) is 13.9. The van der Waals surface area contributed by atoms with Crippen molar-refractivity contribution in [2.24, 2.45) is 11.8 Å². The number of aryl methyl sites for hydroxylation is 1. The molecule has 0 aromatic heterocycles. The van der Waals surface area contributed by atoms with Gasteiger partial charge in [-0.2, -0.15) is 0 Å². The molecule has 38 heavy (non-hydrogen) atoms. The number of hydrogen-bond acceptors (Lipinski definition) is 5. The molecule has 2 heterocycles. The van der Waals surface area contributed by atoms with Gasteiger partial charge in [-0.05, 0) is 76.5 Å². The van der Waals surface area contributed by atoms with E-state index in [0.717, 1.165) is 12.8 Å². The van der Waals surface area contributed by atoms with Gasteiger partial charge in [-0.1, -0.05) is 32.9 Å². The zero-order chi connectivity index (χ0) is 28.0. The number of nitrogens with zero attached hydrogens (tertiary/aromatic N) is 2. The summed E-state index contributed by atoms with van der Waals surface area (Å²) in [6.07, 6.45) is 2.87. The number of amides is 4. The Balaban J connectivity index is 1.53. The van der Waals surface area contributed by atoms with E-state index in [1.807, 2.05) is 58.9 Å². The first-order valence-corrected chi connectivity index (χ1v) is 13.9. The number of rotatable bonds is 7. The predicted octanol–water partition coefficient (Wildman–Crippen LogP) is 3.97. The molecule has 2 aliphatic heterocycles. The highest BCUT2D eigenvalue weighted by Gasteiger charge is 2.40. The van der Waals surface area contributed by atoms with Gasteiger partial charge >= 0.3 is 6.09 Å². The van der Waals surface area contributed by atoms with Crippen LogP contribution in [0.2, 0.25) is 0 Å². The number of nitrogens with one attached hydrogen (secondary N) is 2. The van der Waals surface area contributed by atoms with Crippen molar-refractivity contribution in [2.75, 3.05) is 25.0 Å². The minimum atomic E-state index is -0.658. The maximum atomic E-state index is 13.3. The van der Waals surface area contributed by atoms with Crippen LogP contribution in [0.25, 0.3) is 0 Å². The monoisotopic (exact) mass is 528 g/mol. The first kappa shape index (κ1) is 29.5. The van der Waals surface area contributed by atoms with Crippen LogP contribution in [-0.4, -0.2) is 70.9 Å². The van der Waals surface area contributed by atoms with Crippen molar-refractivity contribution in [3.63, 3.8) is 0 Å². The Labute approximate surface area is 226 Å². The third-order valence-corrected chi connectivity index (χ3v) is 7.22. The van der Waals surface area contributed by atoms with Gasteiger partial charge in [0, 0.05) is 31.2 Å². The molecule has 0 radical (unpaired) electrons. The molecular weight excluding hydrogens is 484 g/mol. The van der Waals surface area contributed by atoms with Crippen LogP contribution in [0.4, 0.5) is 10.5 Å². The van der Waals surface area contributed by atoms with Crippen LogP contribution in [-0.2, 0) is 25.5 Å². The highest BCUT2D eigenvalue weighted by atomic mass is 16.6. The van der Waals surface area contributed by atoms with Crippen molar-refractivity contribution in [2.45, 2.75) is 91.3 Å². The van der Waals surface area contributed by atoms with Gasteiger partial charge in [0.25, 0.3) is 0 Å². The molecule has 2 aliphatic rings. The fraction of sp³-hybridized carbons (Fsp3) is 0.655. The quantitative estimate of drug-likeness (QED) is 0.557. The van der Waals surface area contributed by atoms with E-state index in [9.17, 15) is 19.2 Å². The van der Waals surface area contributed by atoms with E-state index in [2.05, 4.69) is 17.6 Å². The Kier molecular flexibility index (Phi) is 9.79. The van der Waals surface area contributed by atoms with Gasteiger partial charge in [-0.3, -0.25) is 19.3 Å². The number of carbonyl (C=O) groups is 4. The molecule has 1 aromatic carbocycles. The van der Waals surface area contributed by atoms with E-state index in [-0.39, 0.29) is 29.6 Å². The standard InChI is InChI=1S/C29H44N4O5/c1-7-20-10-12-22(13-11-20)30-26(35)24(19(2)3)31-25(34)21-14-17-32(18-15-21)27(36)23-9-8-16-33(23)28(37)38-29(4,5)6/h10-13,19,21,23-24H,7-9,14-18H2,1-6H3,(H,30,35)(H,31,34)/t23-,24+/m0/s1. The molecule has 0 saturated carbocycles. The van der Waals surface area contributed by atoms with Gasteiger partial charge in [0.05, 0.1) is 0 Å². The molecule has 2 atom stereocenters. The zero-order valence-corrected chi connectivity index (χ0v) is 23.7. The number of piperidine rings is 1. The lowest BCUT2D eigenvalue weighted by Crippen LogP contribution is -2.53. The summed E-state index contributed by atoms with van der Waals surface area (Å²) in [5, 5.41) is 5.86. The van der Waals surface area contributed by atoms with E-state index >= 15 is 0 Å². The molecule has 3 rings (SSSR count). The lowest BCUT2D eigenvalue weighted by atomic mass is 9.94. The summed E-state index contributed by atoms with van der Waals surface area (Å²) in [6.45, 7) is 12.7. The normalized spacial score (nSPS) is 19.3. The highest BCUT2D eigenvalue weighted by molar-refractivity contribution is 5.97. The fourth-order valence-electron chi connectivity index (χ4n) is 4.99. The summed E-state index contributed by atoms with van der Waals surface area (Å²) in [7, 11) is 0. The summed E-state index contributed by atoms with van der Waals surface area (Å²) in [6, 6.07) is 6.52. The molecule has 2 N–H and O–H groups in total. The molecule has 210 valence electrons. The molecule has 1 aromatic rings. The lowest BCUT2D eigenvalue weighted by Gasteiger charge is -2.36. The van der Waals surface area contributed by atoms with Gasteiger partial charge in [0.1, 0.15) is 17.7 Å². The topological polar surface area (TPSA) is 108 Å². The van der Waals surface area contributed by atoms with Crippen LogP contribution in [0.3, 0.4) is 0 Å². The van der Waals surface area contributed by atoms with Crippen LogP contribution < -0.4 is 10.6 Å².